The molecule has 2 heterocycles. The lowest BCUT2D eigenvalue weighted by Gasteiger charge is -2.06. The molecule has 0 saturated heterocycles. The largest absolute Gasteiger partial charge is 0.345 e. The maximum Gasteiger partial charge on any atom is 0.251 e. The Kier molecular flexibility index (Phi) is 6.99. The van der Waals surface area contributed by atoms with Crippen molar-refractivity contribution < 1.29 is 9.59 Å². The molecule has 4 aromatic rings. The van der Waals surface area contributed by atoms with Gasteiger partial charge in [0, 0.05) is 23.1 Å². The van der Waals surface area contributed by atoms with Gasteiger partial charge in [0.05, 0.1) is 12.2 Å². The quantitative estimate of drug-likeness (QED) is 0.376. The van der Waals surface area contributed by atoms with Gasteiger partial charge in [0.1, 0.15) is 6.54 Å². The van der Waals surface area contributed by atoms with Gasteiger partial charge in [0.15, 0.2) is 15.7 Å². The number of nitrogens with zero attached hydrogens (tertiary/aromatic N) is 4. The van der Waals surface area contributed by atoms with Gasteiger partial charge in [-0.25, -0.2) is 9.67 Å². The molecule has 174 valence electrons. The lowest BCUT2D eigenvalue weighted by molar-refractivity contribution is -0.116. The number of carbonyl (C=O) groups excluding carboxylic acids is 2. The summed E-state index contributed by atoms with van der Waals surface area (Å²) in [6.07, 6.45) is 0. The molecule has 8 nitrogen and oxygen atoms in total. The van der Waals surface area contributed by atoms with Crippen LogP contribution in [0.4, 0.5) is 5.13 Å². The summed E-state index contributed by atoms with van der Waals surface area (Å²) in [6, 6.07) is 17.2. The van der Waals surface area contributed by atoms with Crippen molar-refractivity contribution >= 4 is 40.5 Å². The Morgan fingerprint density at radius 2 is 1.76 bits per heavy atom. The number of rotatable bonds is 7. The molecule has 34 heavy (non-hydrogen) atoms. The number of anilines is 1. The fraction of sp³-hybridized carbons (Fsp3) is 0.208. The highest BCUT2D eigenvalue weighted by Crippen LogP contribution is 2.30. The van der Waals surface area contributed by atoms with Crippen molar-refractivity contribution in [1.82, 2.24) is 24.6 Å². The summed E-state index contributed by atoms with van der Waals surface area (Å²) in [5.74, 6) is 0.0823. The molecule has 0 radical (unpaired) electrons. The average Bonchev–Trinajstić information content (AvgIpc) is 3.32. The van der Waals surface area contributed by atoms with Crippen LogP contribution >= 0.6 is 23.6 Å². The highest BCUT2D eigenvalue weighted by molar-refractivity contribution is 7.71. The molecule has 0 aliphatic heterocycles. The standard InChI is InChI=1S/C24H24N6O2S2/c1-15-9-7-8-12-18(15)22(32)25-13-19-28-30(24(33)29(19)3)14-20(31)26-23-27-21(16(2)34-23)17-10-5-4-6-11-17/h4-12H,13-14H2,1-3H3,(H,25,32)(H,26,27,31). The molecule has 0 bridgehead atoms. The van der Waals surface area contributed by atoms with E-state index in [9.17, 15) is 9.59 Å². The molecule has 2 amide bonds. The Labute approximate surface area is 206 Å². The lowest BCUT2D eigenvalue weighted by Crippen LogP contribution is -2.25. The van der Waals surface area contributed by atoms with E-state index in [0.29, 0.717) is 21.3 Å². The average molecular weight is 493 g/mol. The molecule has 10 heteroatoms. The minimum Gasteiger partial charge on any atom is -0.345 e. The molecule has 0 fully saturated rings. The molecule has 2 aromatic carbocycles. The van der Waals surface area contributed by atoms with Crippen LogP contribution < -0.4 is 10.6 Å². The Balaban J connectivity index is 1.41. The van der Waals surface area contributed by atoms with Gasteiger partial charge < -0.3 is 15.2 Å². The topological polar surface area (TPSA) is 93.8 Å². The van der Waals surface area contributed by atoms with E-state index in [0.717, 1.165) is 21.7 Å². The smallest absolute Gasteiger partial charge is 0.251 e. The molecular formula is C24H24N6O2S2. The lowest BCUT2D eigenvalue weighted by atomic mass is 10.1. The van der Waals surface area contributed by atoms with Crippen molar-refractivity contribution in [2.45, 2.75) is 26.9 Å². The first-order valence-corrected chi connectivity index (χ1v) is 11.8. The summed E-state index contributed by atoms with van der Waals surface area (Å²) in [7, 11) is 1.76. The van der Waals surface area contributed by atoms with Crippen LogP contribution in [-0.4, -0.2) is 31.1 Å². The maximum atomic E-state index is 12.7. The van der Waals surface area contributed by atoms with Crippen LogP contribution in [-0.2, 0) is 24.9 Å². The maximum absolute atomic E-state index is 12.7. The monoisotopic (exact) mass is 492 g/mol. The van der Waals surface area contributed by atoms with Gasteiger partial charge in [-0.3, -0.25) is 9.59 Å². The van der Waals surface area contributed by atoms with Gasteiger partial charge in [-0.2, -0.15) is 5.10 Å². The molecule has 0 atom stereocenters. The Hall–Kier alpha value is -3.63. The minimum absolute atomic E-state index is 0.0578. The van der Waals surface area contributed by atoms with Crippen molar-refractivity contribution in [3.8, 4) is 11.3 Å². The van der Waals surface area contributed by atoms with Crippen molar-refractivity contribution in [2.24, 2.45) is 7.05 Å². The normalized spacial score (nSPS) is 10.8. The van der Waals surface area contributed by atoms with Crippen LogP contribution in [0.2, 0.25) is 0 Å². The number of hydrogen-bond acceptors (Lipinski definition) is 6. The van der Waals surface area contributed by atoms with Gasteiger partial charge in [0.25, 0.3) is 5.91 Å². The van der Waals surface area contributed by atoms with Crippen LogP contribution in [0.3, 0.4) is 0 Å². The van der Waals surface area contributed by atoms with E-state index in [4.69, 9.17) is 12.2 Å². The predicted molar refractivity (Wildman–Crippen MR) is 135 cm³/mol. The van der Waals surface area contributed by atoms with E-state index in [1.165, 1.54) is 16.0 Å². The second-order valence-electron chi connectivity index (χ2n) is 7.75. The van der Waals surface area contributed by atoms with Gasteiger partial charge in [-0.1, -0.05) is 48.5 Å². The van der Waals surface area contributed by atoms with E-state index >= 15 is 0 Å². The highest BCUT2D eigenvalue weighted by Gasteiger charge is 2.16. The first kappa shape index (κ1) is 23.5. The summed E-state index contributed by atoms with van der Waals surface area (Å²) >= 11 is 6.86. The molecule has 0 saturated carbocycles. The number of aryl methyl sites for hydroxylation is 2. The third-order valence-electron chi connectivity index (χ3n) is 5.31. The van der Waals surface area contributed by atoms with E-state index in [1.807, 2.05) is 62.4 Å². The van der Waals surface area contributed by atoms with Crippen molar-refractivity contribution in [1.29, 1.82) is 0 Å². The van der Waals surface area contributed by atoms with E-state index in [1.54, 1.807) is 17.7 Å². The molecule has 0 aliphatic rings. The Morgan fingerprint density at radius 3 is 2.50 bits per heavy atom. The zero-order valence-electron chi connectivity index (χ0n) is 19.0. The first-order chi connectivity index (χ1) is 16.3. The van der Waals surface area contributed by atoms with Crippen molar-refractivity contribution in [3.63, 3.8) is 0 Å². The van der Waals surface area contributed by atoms with Crippen LogP contribution in [0.25, 0.3) is 11.3 Å². The number of amides is 2. The molecule has 0 unspecified atom stereocenters. The van der Waals surface area contributed by atoms with Crippen molar-refractivity contribution in [3.05, 3.63) is 81.2 Å². The third-order valence-corrected chi connectivity index (χ3v) is 6.68. The van der Waals surface area contributed by atoms with Gasteiger partial charge in [0.2, 0.25) is 5.91 Å². The minimum atomic E-state index is -0.280. The van der Waals surface area contributed by atoms with Crippen LogP contribution in [0, 0.1) is 18.6 Å². The highest BCUT2D eigenvalue weighted by atomic mass is 32.1. The summed E-state index contributed by atoms with van der Waals surface area (Å²) in [6.45, 7) is 3.99. The SMILES string of the molecule is Cc1ccccc1C(=O)NCc1nn(CC(=O)Nc2nc(-c3ccccc3)c(C)s2)c(=S)n1C. The number of hydrogen-bond donors (Lipinski definition) is 2. The molecule has 2 N–H and O–H groups in total. The summed E-state index contributed by atoms with van der Waals surface area (Å²) in [5, 5.41) is 10.7. The molecular weight excluding hydrogens is 468 g/mol. The summed E-state index contributed by atoms with van der Waals surface area (Å²) < 4.78 is 3.51. The fourth-order valence-corrected chi connectivity index (χ4v) is 4.54. The number of thiazole rings is 1. The second kappa shape index (κ2) is 10.1. The zero-order valence-corrected chi connectivity index (χ0v) is 20.7. The predicted octanol–water partition coefficient (Wildman–Crippen LogP) is 4.26. The van der Waals surface area contributed by atoms with Crippen LogP contribution in [0.5, 0.6) is 0 Å². The Bertz CT molecular complexity index is 1400. The van der Waals surface area contributed by atoms with Crippen LogP contribution in [0.15, 0.2) is 54.6 Å². The number of aromatic nitrogens is 4. The van der Waals surface area contributed by atoms with Crippen molar-refractivity contribution in [2.75, 3.05) is 5.32 Å². The van der Waals surface area contributed by atoms with E-state index < -0.39 is 0 Å². The van der Waals surface area contributed by atoms with Crippen LogP contribution in [0.1, 0.15) is 26.6 Å². The summed E-state index contributed by atoms with van der Waals surface area (Å²) in [5.41, 5.74) is 3.35. The summed E-state index contributed by atoms with van der Waals surface area (Å²) in [4.78, 5) is 30.8. The van der Waals surface area contributed by atoms with Gasteiger partial charge >= 0.3 is 0 Å². The Morgan fingerprint density at radius 1 is 1.06 bits per heavy atom. The molecule has 0 aliphatic carbocycles. The second-order valence-corrected chi connectivity index (χ2v) is 9.32. The van der Waals surface area contributed by atoms with Gasteiger partial charge in [-0.15, -0.1) is 11.3 Å². The molecule has 2 aromatic heterocycles. The van der Waals surface area contributed by atoms with E-state index in [-0.39, 0.29) is 24.9 Å². The molecule has 4 rings (SSSR count). The number of nitrogens with one attached hydrogen (secondary N) is 2. The third kappa shape index (κ3) is 5.13. The number of carbonyl (C=O) groups is 2. The zero-order chi connectivity index (χ0) is 24.2. The number of benzene rings is 2. The van der Waals surface area contributed by atoms with E-state index in [2.05, 4.69) is 20.7 Å². The fourth-order valence-electron chi connectivity index (χ4n) is 3.48. The first-order valence-electron chi connectivity index (χ1n) is 10.6. The molecule has 0 spiro atoms. The van der Waals surface area contributed by atoms with Gasteiger partial charge in [-0.05, 0) is 37.7 Å².